The molecule has 1 nitrogen and oxygen atoms in total. The van der Waals surface area contributed by atoms with Crippen molar-refractivity contribution in [3.8, 4) is 0 Å². The molecule has 0 unspecified atom stereocenters. The summed E-state index contributed by atoms with van der Waals surface area (Å²) in [5, 5.41) is 0. The Labute approximate surface area is 110 Å². The lowest BCUT2D eigenvalue weighted by molar-refractivity contribution is 0.0810. The van der Waals surface area contributed by atoms with Gasteiger partial charge in [0.15, 0.2) is 0 Å². The molecule has 0 bridgehead atoms. The Bertz CT molecular complexity index is 645. The Balaban J connectivity index is 2.20. The van der Waals surface area contributed by atoms with Crippen molar-refractivity contribution in [2.75, 3.05) is 0 Å². The molecule has 2 aromatic carbocycles. The molecule has 3 rings (SSSR count). The third kappa shape index (κ3) is 1.77. The maximum Gasteiger partial charge on any atom is 0.317 e. The molecule has 1 heterocycles. The van der Waals surface area contributed by atoms with Crippen LogP contribution in [0, 0.1) is 0 Å². The lowest BCUT2D eigenvalue weighted by atomic mass is 9.98. The number of nitrogens with zero attached hydrogens (tertiary/aromatic N) is 1. The molecule has 1 aliphatic rings. The SMILES string of the molecule is CCc1cccc2c1N=C(c1ccccc1)C2(F)F. The lowest BCUT2D eigenvalue weighted by Gasteiger charge is -2.14. The first-order valence-electron chi connectivity index (χ1n) is 6.29. The van der Waals surface area contributed by atoms with E-state index in [9.17, 15) is 8.78 Å². The smallest absolute Gasteiger partial charge is 0.245 e. The monoisotopic (exact) mass is 257 g/mol. The van der Waals surface area contributed by atoms with Gasteiger partial charge in [0.25, 0.3) is 0 Å². The van der Waals surface area contributed by atoms with Crippen molar-refractivity contribution in [3.05, 3.63) is 65.2 Å². The normalized spacial score (nSPS) is 16.1. The van der Waals surface area contributed by atoms with Gasteiger partial charge < -0.3 is 0 Å². The fourth-order valence-electron chi connectivity index (χ4n) is 2.41. The highest BCUT2D eigenvalue weighted by Crippen LogP contribution is 2.46. The second-order valence-corrected chi connectivity index (χ2v) is 4.57. The number of fused-ring (bicyclic) bond motifs is 1. The zero-order valence-corrected chi connectivity index (χ0v) is 10.5. The number of hydrogen-bond acceptors (Lipinski definition) is 1. The first kappa shape index (κ1) is 12.0. The first-order valence-corrected chi connectivity index (χ1v) is 6.29. The highest BCUT2D eigenvalue weighted by Gasteiger charge is 2.45. The molecule has 0 saturated heterocycles. The van der Waals surface area contributed by atoms with Gasteiger partial charge >= 0.3 is 5.92 Å². The van der Waals surface area contributed by atoms with E-state index in [1.807, 2.05) is 19.1 Å². The average Bonchev–Trinajstić information content (AvgIpc) is 2.72. The highest BCUT2D eigenvalue weighted by atomic mass is 19.3. The van der Waals surface area contributed by atoms with E-state index >= 15 is 0 Å². The van der Waals surface area contributed by atoms with Gasteiger partial charge in [-0.2, -0.15) is 8.78 Å². The number of rotatable bonds is 2. The molecule has 2 aromatic rings. The zero-order valence-electron chi connectivity index (χ0n) is 10.5. The summed E-state index contributed by atoms with van der Waals surface area (Å²) in [5.74, 6) is -3.01. The predicted molar refractivity (Wildman–Crippen MR) is 72.4 cm³/mol. The van der Waals surface area contributed by atoms with Gasteiger partial charge in [-0.3, -0.25) is 0 Å². The van der Waals surface area contributed by atoms with Crippen molar-refractivity contribution in [2.24, 2.45) is 4.99 Å². The minimum Gasteiger partial charge on any atom is -0.245 e. The van der Waals surface area contributed by atoms with Crippen LogP contribution >= 0.6 is 0 Å². The van der Waals surface area contributed by atoms with Gasteiger partial charge in [0.2, 0.25) is 0 Å². The quantitative estimate of drug-likeness (QED) is 0.752. The van der Waals surface area contributed by atoms with Crippen LogP contribution in [0.4, 0.5) is 14.5 Å². The third-order valence-corrected chi connectivity index (χ3v) is 3.41. The molecule has 0 aromatic heterocycles. The molecule has 1 aliphatic heterocycles. The van der Waals surface area contributed by atoms with Crippen molar-refractivity contribution in [2.45, 2.75) is 19.3 Å². The maximum absolute atomic E-state index is 14.5. The Morgan fingerprint density at radius 3 is 2.42 bits per heavy atom. The Morgan fingerprint density at radius 1 is 1.00 bits per heavy atom. The van der Waals surface area contributed by atoms with E-state index in [0.29, 0.717) is 17.7 Å². The van der Waals surface area contributed by atoms with Gasteiger partial charge in [0.05, 0.1) is 11.3 Å². The fraction of sp³-hybridized carbons (Fsp3) is 0.188. The summed E-state index contributed by atoms with van der Waals surface area (Å²) in [5.41, 5.74) is 1.65. The molecule has 0 aliphatic carbocycles. The molecule has 0 saturated carbocycles. The minimum atomic E-state index is -3.01. The summed E-state index contributed by atoms with van der Waals surface area (Å²) in [4.78, 5) is 4.21. The number of aliphatic imine (C=N–C) groups is 1. The van der Waals surface area contributed by atoms with E-state index in [2.05, 4.69) is 4.99 Å². The minimum absolute atomic E-state index is 0.0192. The van der Waals surface area contributed by atoms with Crippen LogP contribution in [-0.2, 0) is 12.3 Å². The van der Waals surface area contributed by atoms with Crippen molar-refractivity contribution < 1.29 is 8.78 Å². The standard InChI is InChI=1S/C16H13F2N/c1-2-11-9-6-10-13-14(11)19-15(16(13,17)18)12-7-4-3-5-8-12/h3-10H,2H2,1H3. The topological polar surface area (TPSA) is 12.4 Å². The number of aryl methyl sites for hydroxylation is 1. The summed E-state index contributed by atoms with van der Waals surface area (Å²) in [6.45, 7) is 1.95. The Hall–Kier alpha value is -2.03. The van der Waals surface area contributed by atoms with Gasteiger partial charge in [-0.1, -0.05) is 55.5 Å². The van der Waals surface area contributed by atoms with Crippen LogP contribution in [0.25, 0.3) is 0 Å². The molecule has 19 heavy (non-hydrogen) atoms. The molecular formula is C16H13F2N. The maximum atomic E-state index is 14.5. The molecule has 0 atom stereocenters. The van der Waals surface area contributed by atoms with E-state index in [1.54, 1.807) is 30.3 Å². The van der Waals surface area contributed by atoms with E-state index < -0.39 is 5.92 Å². The van der Waals surface area contributed by atoms with Crippen LogP contribution in [0.1, 0.15) is 23.6 Å². The van der Waals surface area contributed by atoms with Gasteiger partial charge in [0.1, 0.15) is 5.71 Å². The van der Waals surface area contributed by atoms with Gasteiger partial charge in [-0.15, -0.1) is 0 Å². The second-order valence-electron chi connectivity index (χ2n) is 4.57. The number of para-hydroxylation sites is 1. The zero-order chi connectivity index (χ0) is 13.5. The largest absolute Gasteiger partial charge is 0.317 e. The molecule has 0 amide bonds. The molecule has 96 valence electrons. The Kier molecular flexibility index (Phi) is 2.70. The number of benzene rings is 2. The lowest BCUT2D eigenvalue weighted by Crippen LogP contribution is -2.23. The van der Waals surface area contributed by atoms with E-state index in [0.717, 1.165) is 5.56 Å². The van der Waals surface area contributed by atoms with E-state index in [4.69, 9.17) is 0 Å². The average molecular weight is 257 g/mol. The van der Waals surface area contributed by atoms with Crippen LogP contribution < -0.4 is 0 Å². The van der Waals surface area contributed by atoms with Crippen molar-refractivity contribution in [1.29, 1.82) is 0 Å². The summed E-state index contributed by atoms with van der Waals surface area (Å²) >= 11 is 0. The van der Waals surface area contributed by atoms with E-state index in [1.165, 1.54) is 6.07 Å². The van der Waals surface area contributed by atoms with Gasteiger partial charge in [-0.25, -0.2) is 4.99 Å². The van der Waals surface area contributed by atoms with Crippen molar-refractivity contribution >= 4 is 11.4 Å². The predicted octanol–water partition coefficient (Wildman–Crippen LogP) is 4.48. The number of hydrogen-bond donors (Lipinski definition) is 0. The molecule has 0 fully saturated rings. The molecular weight excluding hydrogens is 244 g/mol. The van der Waals surface area contributed by atoms with Crippen LogP contribution in [-0.4, -0.2) is 5.71 Å². The van der Waals surface area contributed by atoms with Crippen LogP contribution in [0.2, 0.25) is 0 Å². The third-order valence-electron chi connectivity index (χ3n) is 3.41. The van der Waals surface area contributed by atoms with E-state index in [-0.39, 0.29) is 11.3 Å². The van der Waals surface area contributed by atoms with Gasteiger partial charge in [-0.05, 0) is 12.0 Å². The number of alkyl halides is 2. The molecule has 0 radical (unpaired) electrons. The second kappa shape index (κ2) is 4.26. The van der Waals surface area contributed by atoms with Crippen LogP contribution in [0.3, 0.4) is 0 Å². The summed E-state index contributed by atoms with van der Waals surface area (Å²) in [6, 6.07) is 13.6. The number of halogens is 2. The van der Waals surface area contributed by atoms with Gasteiger partial charge in [0, 0.05) is 5.56 Å². The first-order chi connectivity index (χ1) is 9.14. The summed E-state index contributed by atoms with van der Waals surface area (Å²) in [6.07, 6.45) is 0.699. The highest BCUT2D eigenvalue weighted by molar-refractivity contribution is 6.10. The summed E-state index contributed by atoms with van der Waals surface area (Å²) in [7, 11) is 0. The Morgan fingerprint density at radius 2 is 1.74 bits per heavy atom. The fourth-order valence-corrected chi connectivity index (χ4v) is 2.41. The van der Waals surface area contributed by atoms with Crippen LogP contribution in [0.15, 0.2) is 53.5 Å². The van der Waals surface area contributed by atoms with Crippen LogP contribution in [0.5, 0.6) is 0 Å². The molecule has 0 N–H and O–H groups in total. The van der Waals surface area contributed by atoms with Crippen molar-refractivity contribution in [3.63, 3.8) is 0 Å². The van der Waals surface area contributed by atoms with Crippen molar-refractivity contribution in [1.82, 2.24) is 0 Å². The molecule has 3 heteroatoms. The molecule has 0 spiro atoms. The summed E-state index contributed by atoms with van der Waals surface area (Å²) < 4.78 is 28.9.